The first-order valence-corrected chi connectivity index (χ1v) is 9.51. The van der Waals surface area contributed by atoms with Crippen LogP contribution in [0, 0.1) is 11.3 Å². The quantitative estimate of drug-likeness (QED) is 0.642. The van der Waals surface area contributed by atoms with Gasteiger partial charge in [0.2, 0.25) is 0 Å². The molecule has 0 atom stereocenters. The molecule has 0 fully saturated rings. The lowest BCUT2D eigenvalue weighted by Gasteiger charge is -2.27. The predicted molar refractivity (Wildman–Crippen MR) is 108 cm³/mol. The number of carbonyl (C=O) groups excluding carboxylic acids is 1. The van der Waals surface area contributed by atoms with E-state index >= 15 is 0 Å². The van der Waals surface area contributed by atoms with E-state index in [1.165, 1.54) is 11.1 Å². The van der Waals surface area contributed by atoms with E-state index in [1.807, 2.05) is 29.2 Å². The Balaban J connectivity index is 1.80. The van der Waals surface area contributed by atoms with Gasteiger partial charge in [-0.2, -0.15) is 5.26 Å². The number of hydrogen-bond acceptors (Lipinski definition) is 3. The summed E-state index contributed by atoms with van der Waals surface area (Å²) < 4.78 is 0. The van der Waals surface area contributed by atoms with Crippen LogP contribution in [-0.2, 0) is 30.6 Å². The molecular weight excluding hydrogens is 334 g/mol. The number of carbonyl (C=O) groups is 1. The molecule has 1 aliphatic heterocycles. The van der Waals surface area contributed by atoms with Gasteiger partial charge in [-0.3, -0.25) is 4.79 Å². The summed E-state index contributed by atoms with van der Waals surface area (Å²) >= 11 is 0. The minimum absolute atomic E-state index is 0.141. The molecule has 138 valence electrons. The van der Waals surface area contributed by atoms with Crippen LogP contribution in [0.5, 0.6) is 0 Å². The summed E-state index contributed by atoms with van der Waals surface area (Å²) in [7, 11) is 0. The van der Waals surface area contributed by atoms with Crippen molar-refractivity contribution >= 4 is 11.6 Å². The molecule has 1 heterocycles. The second-order valence-corrected chi connectivity index (χ2v) is 6.76. The second kappa shape index (κ2) is 8.55. The smallest absolute Gasteiger partial charge is 0.267 e. The zero-order valence-corrected chi connectivity index (χ0v) is 16.0. The summed E-state index contributed by atoms with van der Waals surface area (Å²) in [5, 5.41) is 12.5. The number of benzene rings is 2. The Labute approximate surface area is 161 Å². The lowest BCUT2D eigenvalue weighted by atomic mass is 10.00. The lowest BCUT2D eigenvalue weighted by molar-refractivity contribution is -0.112. The molecule has 0 saturated heterocycles. The summed E-state index contributed by atoms with van der Waals surface area (Å²) in [6, 6.07) is 16.5. The van der Waals surface area contributed by atoms with E-state index in [4.69, 9.17) is 0 Å². The molecule has 1 N–H and O–H groups in total. The monoisotopic (exact) mass is 359 g/mol. The van der Waals surface area contributed by atoms with E-state index in [0.717, 1.165) is 49.2 Å². The molecule has 0 saturated carbocycles. The molecule has 0 unspecified atom stereocenters. The van der Waals surface area contributed by atoms with Crippen molar-refractivity contribution < 1.29 is 4.79 Å². The van der Waals surface area contributed by atoms with Crippen LogP contribution in [0.1, 0.15) is 36.1 Å². The molecule has 4 nitrogen and oxygen atoms in total. The first kappa shape index (κ1) is 18.7. The Bertz CT molecular complexity index is 886. The van der Waals surface area contributed by atoms with Crippen molar-refractivity contribution in [2.45, 2.75) is 39.7 Å². The summed E-state index contributed by atoms with van der Waals surface area (Å²) in [4.78, 5) is 14.8. The summed E-state index contributed by atoms with van der Waals surface area (Å²) in [5.41, 5.74) is 5.76. The van der Waals surface area contributed by atoms with E-state index in [0.29, 0.717) is 0 Å². The summed E-state index contributed by atoms with van der Waals surface area (Å²) in [6.45, 7) is 5.66. The highest BCUT2D eigenvalue weighted by atomic mass is 16.1. The third-order valence-electron chi connectivity index (χ3n) is 5.07. The molecule has 3 rings (SSSR count). The van der Waals surface area contributed by atoms with Gasteiger partial charge in [0.1, 0.15) is 11.6 Å². The van der Waals surface area contributed by atoms with Crippen LogP contribution in [0.3, 0.4) is 0 Å². The maximum absolute atomic E-state index is 12.8. The average Bonchev–Trinajstić information content (AvgIpc) is 2.71. The molecule has 27 heavy (non-hydrogen) atoms. The number of nitrogens with zero attached hydrogens (tertiary/aromatic N) is 2. The van der Waals surface area contributed by atoms with Gasteiger partial charge in [0, 0.05) is 25.0 Å². The normalized spacial score (nSPS) is 13.7. The molecule has 2 aromatic carbocycles. The van der Waals surface area contributed by atoms with Crippen LogP contribution in [0.25, 0.3) is 0 Å². The van der Waals surface area contributed by atoms with Crippen LogP contribution >= 0.6 is 0 Å². The van der Waals surface area contributed by atoms with Gasteiger partial charge in [0.05, 0.1) is 0 Å². The van der Waals surface area contributed by atoms with Gasteiger partial charge < -0.3 is 10.2 Å². The highest BCUT2D eigenvalue weighted by molar-refractivity contribution is 6.07. The second-order valence-electron chi connectivity index (χ2n) is 6.76. The zero-order valence-electron chi connectivity index (χ0n) is 16.0. The Morgan fingerprint density at radius 3 is 2.41 bits per heavy atom. The van der Waals surface area contributed by atoms with Gasteiger partial charge in [-0.05, 0) is 41.5 Å². The van der Waals surface area contributed by atoms with Gasteiger partial charge in [-0.15, -0.1) is 0 Å². The number of hydrogen-bond donors (Lipinski definition) is 1. The van der Waals surface area contributed by atoms with E-state index in [2.05, 4.69) is 43.4 Å². The number of rotatable bonds is 5. The van der Waals surface area contributed by atoms with E-state index < -0.39 is 0 Å². The van der Waals surface area contributed by atoms with E-state index in [9.17, 15) is 10.1 Å². The Morgan fingerprint density at radius 1 is 1.11 bits per heavy atom. The fraction of sp³-hybridized carbons (Fsp3) is 0.304. The summed E-state index contributed by atoms with van der Waals surface area (Å²) in [5.74, 6) is -0.341. The molecular formula is C23H25N3O. The highest BCUT2D eigenvalue weighted by Gasteiger charge is 2.18. The fourth-order valence-electron chi connectivity index (χ4n) is 3.53. The molecule has 0 aromatic heterocycles. The first-order chi connectivity index (χ1) is 13.2. The third-order valence-corrected chi connectivity index (χ3v) is 5.07. The molecule has 0 radical (unpaired) electrons. The van der Waals surface area contributed by atoms with Crippen molar-refractivity contribution in [3.63, 3.8) is 0 Å². The minimum atomic E-state index is -0.341. The molecule has 4 heteroatoms. The van der Waals surface area contributed by atoms with Gasteiger partial charge >= 0.3 is 0 Å². The first-order valence-electron chi connectivity index (χ1n) is 9.51. The van der Waals surface area contributed by atoms with Gasteiger partial charge in [-0.25, -0.2) is 0 Å². The Kier molecular flexibility index (Phi) is 5.93. The average molecular weight is 359 g/mol. The maximum Gasteiger partial charge on any atom is 0.267 e. The molecule has 0 spiro atoms. The van der Waals surface area contributed by atoms with E-state index in [-0.39, 0.29) is 11.5 Å². The van der Waals surface area contributed by atoms with Crippen LogP contribution in [0.4, 0.5) is 5.69 Å². The van der Waals surface area contributed by atoms with E-state index in [1.54, 1.807) is 6.20 Å². The maximum atomic E-state index is 12.8. The summed E-state index contributed by atoms with van der Waals surface area (Å²) in [6.07, 6.45) is 4.28. The largest absolute Gasteiger partial charge is 0.371 e. The molecule has 1 aliphatic rings. The topological polar surface area (TPSA) is 56.1 Å². The third kappa shape index (κ3) is 4.20. The number of para-hydroxylation sites is 1. The number of anilines is 1. The van der Waals surface area contributed by atoms with Crippen molar-refractivity contribution in [1.82, 2.24) is 4.90 Å². The van der Waals surface area contributed by atoms with Crippen molar-refractivity contribution in [1.29, 1.82) is 5.26 Å². The fourth-order valence-corrected chi connectivity index (χ4v) is 3.53. The minimum Gasteiger partial charge on any atom is -0.371 e. The molecule has 0 aliphatic carbocycles. The van der Waals surface area contributed by atoms with Gasteiger partial charge in [0.15, 0.2) is 0 Å². The number of fused-ring (bicyclic) bond motifs is 1. The van der Waals surface area contributed by atoms with Crippen molar-refractivity contribution in [2.75, 3.05) is 11.9 Å². The molecule has 2 aromatic rings. The highest BCUT2D eigenvalue weighted by Crippen LogP contribution is 2.24. The molecule has 1 amide bonds. The van der Waals surface area contributed by atoms with Crippen LogP contribution in [0.15, 0.2) is 54.2 Å². The van der Waals surface area contributed by atoms with Crippen molar-refractivity contribution in [3.05, 3.63) is 76.5 Å². The number of aryl methyl sites for hydroxylation is 2. The van der Waals surface area contributed by atoms with Crippen LogP contribution in [-0.4, -0.2) is 17.4 Å². The molecule has 0 bridgehead atoms. The van der Waals surface area contributed by atoms with Gasteiger partial charge in [-0.1, -0.05) is 56.3 Å². The number of nitrogens with one attached hydrogen (secondary N) is 1. The van der Waals surface area contributed by atoms with Crippen molar-refractivity contribution in [2.24, 2.45) is 0 Å². The number of amides is 1. The lowest BCUT2D eigenvalue weighted by Crippen LogP contribution is -2.27. The van der Waals surface area contributed by atoms with Crippen molar-refractivity contribution in [3.8, 4) is 6.07 Å². The zero-order chi connectivity index (χ0) is 19.2. The predicted octanol–water partition coefficient (Wildman–Crippen LogP) is 4.22. The Hall–Kier alpha value is -3.06. The number of nitriles is 1. The van der Waals surface area contributed by atoms with Crippen LogP contribution < -0.4 is 5.32 Å². The standard InChI is InChI=1S/C23H25N3O/c1-3-17-10-7-11-18(4-2)22(17)25-23(27)21(14-24)16-26-13-12-19-8-5-6-9-20(19)15-26/h5-11,16H,3-4,12-13,15H2,1-2H3,(H,25,27)/b21-16-. The van der Waals surface area contributed by atoms with Crippen LogP contribution in [0.2, 0.25) is 0 Å². The van der Waals surface area contributed by atoms with Gasteiger partial charge in [0.25, 0.3) is 5.91 Å². The SMILES string of the molecule is CCc1cccc(CC)c1NC(=O)/C(C#N)=C\N1CCc2ccccc2C1. The Morgan fingerprint density at radius 2 is 1.78 bits per heavy atom.